The van der Waals surface area contributed by atoms with E-state index in [1.807, 2.05) is 30.5 Å². The molecule has 0 aliphatic heterocycles. The molecule has 5 aromatic rings. The first-order valence-corrected chi connectivity index (χ1v) is 9.44. The van der Waals surface area contributed by atoms with Crippen molar-refractivity contribution in [2.45, 2.75) is 0 Å². The van der Waals surface area contributed by atoms with Crippen LogP contribution >= 0.6 is 0 Å². The summed E-state index contributed by atoms with van der Waals surface area (Å²) in [6, 6.07) is 29.2. The van der Waals surface area contributed by atoms with Crippen molar-refractivity contribution in [2.24, 2.45) is 0 Å². The maximum atomic E-state index is 13.2. The fourth-order valence-electron chi connectivity index (χ4n) is 3.48. The lowest BCUT2D eigenvalue weighted by atomic mass is 9.98. The Morgan fingerprint density at radius 1 is 0.517 bits per heavy atom. The van der Waals surface area contributed by atoms with E-state index in [1.54, 1.807) is 18.3 Å². The molecular formula is C26H17FN2. The average Bonchev–Trinajstić information content (AvgIpc) is 2.80. The summed E-state index contributed by atoms with van der Waals surface area (Å²) in [5.41, 5.74) is 5.99. The summed E-state index contributed by atoms with van der Waals surface area (Å²) in [5.74, 6) is -0.221. The van der Waals surface area contributed by atoms with Crippen LogP contribution in [-0.2, 0) is 0 Å². The lowest BCUT2D eigenvalue weighted by Crippen LogP contribution is -1.87. The number of halogens is 1. The summed E-state index contributed by atoms with van der Waals surface area (Å²) in [6.07, 6.45) is 3.66. The van der Waals surface area contributed by atoms with Crippen LogP contribution in [-0.4, -0.2) is 9.97 Å². The van der Waals surface area contributed by atoms with Crippen LogP contribution in [0.25, 0.3) is 44.4 Å². The third-order valence-electron chi connectivity index (χ3n) is 5.04. The Bertz CT molecular complexity index is 1280. The summed E-state index contributed by atoms with van der Waals surface area (Å²) in [5, 5.41) is 2.30. The van der Waals surface area contributed by atoms with Crippen molar-refractivity contribution >= 4 is 10.8 Å². The molecular weight excluding hydrogens is 359 g/mol. The summed E-state index contributed by atoms with van der Waals surface area (Å²) < 4.78 is 13.2. The summed E-state index contributed by atoms with van der Waals surface area (Å²) in [4.78, 5) is 8.92. The van der Waals surface area contributed by atoms with Crippen LogP contribution in [0.4, 0.5) is 4.39 Å². The van der Waals surface area contributed by atoms with Crippen molar-refractivity contribution in [1.29, 1.82) is 0 Å². The van der Waals surface area contributed by atoms with E-state index in [4.69, 9.17) is 0 Å². The quantitative estimate of drug-likeness (QED) is 0.347. The van der Waals surface area contributed by atoms with Gasteiger partial charge in [0.05, 0.1) is 11.4 Å². The molecule has 29 heavy (non-hydrogen) atoms. The van der Waals surface area contributed by atoms with Crippen LogP contribution in [0.5, 0.6) is 0 Å². The Labute approximate surface area is 168 Å². The minimum absolute atomic E-state index is 0.221. The van der Waals surface area contributed by atoms with Crippen molar-refractivity contribution in [3.05, 3.63) is 109 Å². The molecule has 0 saturated carbocycles. The number of hydrogen-bond donors (Lipinski definition) is 0. The third-order valence-corrected chi connectivity index (χ3v) is 5.04. The predicted molar refractivity (Wildman–Crippen MR) is 116 cm³/mol. The van der Waals surface area contributed by atoms with Crippen LogP contribution in [0.1, 0.15) is 0 Å². The van der Waals surface area contributed by atoms with Crippen LogP contribution < -0.4 is 0 Å². The standard InChI is InChI=1S/C26H17FN2/c27-24-11-8-18(9-12-24)19-4-5-21-16-22(7-6-20(21)15-19)23-10-13-26(29-17-23)25-3-1-2-14-28-25/h1-17H. The van der Waals surface area contributed by atoms with Gasteiger partial charge < -0.3 is 0 Å². The molecule has 0 fully saturated rings. The van der Waals surface area contributed by atoms with Crippen LogP contribution in [0, 0.1) is 5.82 Å². The van der Waals surface area contributed by atoms with Gasteiger partial charge in [-0.2, -0.15) is 0 Å². The van der Waals surface area contributed by atoms with Crippen molar-refractivity contribution in [1.82, 2.24) is 9.97 Å². The van der Waals surface area contributed by atoms with Crippen molar-refractivity contribution in [3.63, 3.8) is 0 Å². The van der Waals surface area contributed by atoms with E-state index >= 15 is 0 Å². The van der Waals surface area contributed by atoms with Gasteiger partial charge in [0.2, 0.25) is 0 Å². The molecule has 0 saturated heterocycles. The SMILES string of the molecule is Fc1ccc(-c2ccc3cc(-c4ccc(-c5ccccn5)nc4)ccc3c2)cc1. The Kier molecular flexibility index (Phi) is 4.34. The number of rotatable bonds is 3. The minimum atomic E-state index is -0.221. The van der Waals surface area contributed by atoms with Crippen molar-refractivity contribution < 1.29 is 4.39 Å². The fraction of sp³-hybridized carbons (Fsp3) is 0. The van der Waals surface area contributed by atoms with E-state index in [9.17, 15) is 4.39 Å². The normalized spacial score (nSPS) is 10.9. The predicted octanol–water partition coefficient (Wildman–Crippen LogP) is 6.77. The Balaban J connectivity index is 1.47. The second-order valence-corrected chi connectivity index (χ2v) is 6.93. The molecule has 3 aromatic carbocycles. The zero-order valence-electron chi connectivity index (χ0n) is 15.6. The highest BCUT2D eigenvalue weighted by atomic mass is 19.1. The van der Waals surface area contributed by atoms with E-state index in [-0.39, 0.29) is 5.82 Å². The van der Waals surface area contributed by atoms with Gasteiger partial charge in [-0.15, -0.1) is 0 Å². The van der Waals surface area contributed by atoms with E-state index < -0.39 is 0 Å². The molecule has 5 rings (SSSR count). The Hall–Kier alpha value is -3.85. The molecule has 0 aliphatic rings. The number of nitrogens with zero attached hydrogens (tertiary/aromatic N) is 2. The van der Waals surface area contributed by atoms with Crippen LogP contribution in [0.3, 0.4) is 0 Å². The van der Waals surface area contributed by atoms with Gasteiger partial charge in [-0.1, -0.05) is 48.5 Å². The van der Waals surface area contributed by atoms with Gasteiger partial charge in [-0.05, 0) is 69.9 Å². The highest BCUT2D eigenvalue weighted by molar-refractivity contribution is 5.90. The molecule has 0 unspecified atom stereocenters. The van der Waals surface area contributed by atoms with Gasteiger partial charge in [-0.25, -0.2) is 4.39 Å². The Morgan fingerprint density at radius 2 is 1.14 bits per heavy atom. The number of aromatic nitrogens is 2. The van der Waals surface area contributed by atoms with Gasteiger partial charge in [0.1, 0.15) is 5.82 Å². The number of pyridine rings is 2. The van der Waals surface area contributed by atoms with Gasteiger partial charge >= 0.3 is 0 Å². The highest BCUT2D eigenvalue weighted by Crippen LogP contribution is 2.29. The molecule has 0 spiro atoms. The van der Waals surface area contributed by atoms with Crippen molar-refractivity contribution in [3.8, 4) is 33.6 Å². The van der Waals surface area contributed by atoms with E-state index in [0.29, 0.717) is 0 Å². The molecule has 138 valence electrons. The molecule has 0 amide bonds. The molecule has 3 heteroatoms. The first-order chi connectivity index (χ1) is 14.3. The molecule has 0 N–H and O–H groups in total. The molecule has 0 atom stereocenters. The summed E-state index contributed by atoms with van der Waals surface area (Å²) >= 11 is 0. The maximum Gasteiger partial charge on any atom is 0.123 e. The fourth-order valence-corrected chi connectivity index (χ4v) is 3.48. The van der Waals surface area contributed by atoms with Crippen LogP contribution in [0.15, 0.2) is 103 Å². The van der Waals surface area contributed by atoms with Gasteiger partial charge in [0.25, 0.3) is 0 Å². The molecule has 0 radical (unpaired) electrons. The van der Waals surface area contributed by atoms with Crippen molar-refractivity contribution in [2.75, 3.05) is 0 Å². The van der Waals surface area contributed by atoms with E-state index in [0.717, 1.165) is 44.4 Å². The number of benzene rings is 3. The summed E-state index contributed by atoms with van der Waals surface area (Å²) in [6.45, 7) is 0. The first kappa shape index (κ1) is 17.3. The highest BCUT2D eigenvalue weighted by Gasteiger charge is 2.05. The summed E-state index contributed by atoms with van der Waals surface area (Å²) in [7, 11) is 0. The second kappa shape index (κ2) is 7.28. The maximum absolute atomic E-state index is 13.2. The first-order valence-electron chi connectivity index (χ1n) is 9.44. The average molecular weight is 376 g/mol. The molecule has 2 heterocycles. The minimum Gasteiger partial charge on any atom is -0.255 e. The van der Waals surface area contributed by atoms with Crippen LogP contribution in [0.2, 0.25) is 0 Å². The zero-order valence-corrected chi connectivity index (χ0v) is 15.6. The van der Waals surface area contributed by atoms with E-state index in [2.05, 4.69) is 52.4 Å². The lowest BCUT2D eigenvalue weighted by molar-refractivity contribution is 0.628. The molecule has 2 aromatic heterocycles. The smallest absolute Gasteiger partial charge is 0.123 e. The van der Waals surface area contributed by atoms with Gasteiger partial charge in [0, 0.05) is 18.0 Å². The number of hydrogen-bond acceptors (Lipinski definition) is 2. The second-order valence-electron chi connectivity index (χ2n) is 6.93. The molecule has 0 bridgehead atoms. The third kappa shape index (κ3) is 3.50. The number of fused-ring (bicyclic) bond motifs is 1. The Morgan fingerprint density at radius 3 is 1.76 bits per heavy atom. The zero-order chi connectivity index (χ0) is 19.6. The van der Waals surface area contributed by atoms with E-state index in [1.165, 1.54) is 12.1 Å². The van der Waals surface area contributed by atoms with Gasteiger partial charge in [-0.3, -0.25) is 9.97 Å². The van der Waals surface area contributed by atoms with Gasteiger partial charge in [0.15, 0.2) is 0 Å². The monoisotopic (exact) mass is 376 g/mol. The molecule has 0 aliphatic carbocycles. The topological polar surface area (TPSA) is 25.8 Å². The molecule has 2 nitrogen and oxygen atoms in total. The largest absolute Gasteiger partial charge is 0.255 e. The lowest BCUT2D eigenvalue weighted by Gasteiger charge is -2.08.